The number of nitrogens with zero attached hydrogens (tertiary/aromatic N) is 2. The van der Waals surface area contributed by atoms with Crippen LogP contribution in [0, 0.1) is 12.8 Å². The summed E-state index contributed by atoms with van der Waals surface area (Å²) in [7, 11) is 0. The van der Waals surface area contributed by atoms with Crippen LogP contribution in [0.1, 0.15) is 57.3 Å². The molecule has 3 atom stereocenters. The van der Waals surface area contributed by atoms with E-state index in [1.807, 2.05) is 0 Å². The van der Waals surface area contributed by atoms with Gasteiger partial charge in [-0.3, -0.25) is 0 Å². The van der Waals surface area contributed by atoms with Crippen molar-refractivity contribution in [1.82, 2.24) is 20.8 Å². The molecule has 0 radical (unpaired) electrons. The van der Waals surface area contributed by atoms with Gasteiger partial charge in [-0.05, 0) is 32.6 Å². The van der Waals surface area contributed by atoms with Crippen molar-refractivity contribution in [2.75, 3.05) is 13.2 Å². The lowest BCUT2D eigenvalue weighted by molar-refractivity contribution is -0.00245. The van der Waals surface area contributed by atoms with Crippen LogP contribution in [-0.2, 0) is 4.74 Å². The SMILES string of the molecule is Cc1noc([C@H](C)NC(=O)NCCO[C@@H]2CCCC[C@H]2C)n1. The van der Waals surface area contributed by atoms with E-state index >= 15 is 0 Å². The van der Waals surface area contributed by atoms with Gasteiger partial charge in [-0.25, -0.2) is 4.79 Å². The van der Waals surface area contributed by atoms with Crippen molar-refractivity contribution in [1.29, 1.82) is 0 Å². The lowest BCUT2D eigenvalue weighted by atomic mass is 9.88. The van der Waals surface area contributed by atoms with Gasteiger partial charge in [0.25, 0.3) is 0 Å². The van der Waals surface area contributed by atoms with Crippen LogP contribution in [0.3, 0.4) is 0 Å². The number of amides is 2. The smallest absolute Gasteiger partial charge is 0.315 e. The number of urea groups is 1. The first kappa shape index (κ1) is 16.7. The second kappa shape index (κ2) is 8.12. The van der Waals surface area contributed by atoms with Crippen molar-refractivity contribution in [3.8, 4) is 0 Å². The maximum Gasteiger partial charge on any atom is 0.315 e. The van der Waals surface area contributed by atoms with Gasteiger partial charge in [0, 0.05) is 6.54 Å². The molecule has 0 bridgehead atoms. The molecule has 0 saturated heterocycles. The molecule has 1 saturated carbocycles. The van der Waals surface area contributed by atoms with Crippen LogP contribution < -0.4 is 10.6 Å². The van der Waals surface area contributed by atoms with Crippen molar-refractivity contribution in [3.05, 3.63) is 11.7 Å². The second-order valence-corrected chi connectivity index (χ2v) is 5.97. The average molecular weight is 310 g/mol. The summed E-state index contributed by atoms with van der Waals surface area (Å²) in [5.41, 5.74) is 0. The maximum atomic E-state index is 11.8. The summed E-state index contributed by atoms with van der Waals surface area (Å²) in [6.45, 7) is 6.80. The molecule has 0 spiro atoms. The summed E-state index contributed by atoms with van der Waals surface area (Å²) < 4.78 is 10.9. The van der Waals surface area contributed by atoms with E-state index in [1.165, 1.54) is 19.3 Å². The van der Waals surface area contributed by atoms with Crippen LogP contribution in [0.25, 0.3) is 0 Å². The Hall–Kier alpha value is -1.63. The summed E-state index contributed by atoms with van der Waals surface area (Å²) >= 11 is 0. The molecular formula is C15H26N4O3. The molecule has 0 unspecified atom stereocenters. The van der Waals surface area contributed by atoms with Crippen LogP contribution in [0.5, 0.6) is 0 Å². The lowest BCUT2D eigenvalue weighted by Crippen LogP contribution is -2.39. The van der Waals surface area contributed by atoms with Gasteiger partial charge in [0.15, 0.2) is 5.82 Å². The number of aromatic nitrogens is 2. The molecule has 0 aliphatic heterocycles. The fourth-order valence-corrected chi connectivity index (χ4v) is 2.70. The Balaban J connectivity index is 1.61. The lowest BCUT2D eigenvalue weighted by Gasteiger charge is -2.28. The van der Waals surface area contributed by atoms with Crippen molar-refractivity contribution in [2.45, 2.75) is 58.6 Å². The van der Waals surface area contributed by atoms with Gasteiger partial charge in [-0.1, -0.05) is 24.9 Å². The number of aryl methyl sites for hydroxylation is 1. The fraction of sp³-hybridized carbons (Fsp3) is 0.800. The highest BCUT2D eigenvalue weighted by atomic mass is 16.5. The van der Waals surface area contributed by atoms with Crippen molar-refractivity contribution in [3.63, 3.8) is 0 Å². The average Bonchev–Trinajstić information content (AvgIpc) is 2.92. The molecule has 1 fully saturated rings. The molecule has 2 amide bonds. The van der Waals surface area contributed by atoms with E-state index in [9.17, 15) is 4.79 Å². The van der Waals surface area contributed by atoms with Crippen LogP contribution in [-0.4, -0.2) is 35.4 Å². The van der Waals surface area contributed by atoms with Crippen molar-refractivity contribution in [2.24, 2.45) is 5.92 Å². The van der Waals surface area contributed by atoms with Crippen LogP contribution >= 0.6 is 0 Å². The number of rotatable bonds is 6. The highest BCUT2D eigenvalue weighted by Crippen LogP contribution is 2.25. The van der Waals surface area contributed by atoms with E-state index in [0.717, 1.165) is 6.42 Å². The Morgan fingerprint density at radius 1 is 1.45 bits per heavy atom. The van der Waals surface area contributed by atoms with Crippen LogP contribution in [0.4, 0.5) is 4.79 Å². The van der Waals surface area contributed by atoms with E-state index in [4.69, 9.17) is 9.26 Å². The minimum Gasteiger partial charge on any atom is -0.376 e. The Bertz CT molecular complexity index is 477. The van der Waals surface area contributed by atoms with E-state index < -0.39 is 0 Å². The summed E-state index contributed by atoms with van der Waals surface area (Å²) in [5.74, 6) is 1.57. The fourth-order valence-electron chi connectivity index (χ4n) is 2.70. The predicted molar refractivity (Wildman–Crippen MR) is 81.4 cm³/mol. The molecule has 7 heteroatoms. The summed E-state index contributed by atoms with van der Waals surface area (Å²) in [6, 6.07) is -0.580. The van der Waals surface area contributed by atoms with Gasteiger partial charge in [0.2, 0.25) is 5.89 Å². The van der Waals surface area contributed by atoms with Crippen LogP contribution in [0.15, 0.2) is 4.52 Å². The third kappa shape index (κ3) is 4.98. The predicted octanol–water partition coefficient (Wildman–Crippen LogP) is 2.33. The Labute approximate surface area is 131 Å². The van der Waals surface area contributed by atoms with Gasteiger partial charge in [0.05, 0.1) is 12.7 Å². The highest BCUT2D eigenvalue weighted by Gasteiger charge is 2.21. The monoisotopic (exact) mass is 310 g/mol. The largest absolute Gasteiger partial charge is 0.376 e. The van der Waals surface area contributed by atoms with Gasteiger partial charge >= 0.3 is 6.03 Å². The van der Waals surface area contributed by atoms with Gasteiger partial charge in [-0.15, -0.1) is 0 Å². The minimum atomic E-state index is -0.319. The first-order chi connectivity index (χ1) is 10.6. The van der Waals surface area contributed by atoms with Crippen LogP contribution in [0.2, 0.25) is 0 Å². The summed E-state index contributed by atoms with van der Waals surface area (Å²) in [4.78, 5) is 15.9. The molecular weight excluding hydrogens is 284 g/mol. The zero-order valence-corrected chi connectivity index (χ0v) is 13.6. The zero-order chi connectivity index (χ0) is 15.9. The molecule has 0 aromatic carbocycles. The summed E-state index contributed by atoms with van der Waals surface area (Å²) in [6.07, 6.45) is 5.23. The normalized spacial score (nSPS) is 23.0. The van der Waals surface area contributed by atoms with Gasteiger partial charge in [-0.2, -0.15) is 4.98 Å². The Kier molecular flexibility index (Phi) is 6.18. The number of carbonyl (C=O) groups excluding carboxylic acids is 1. The van der Waals surface area contributed by atoms with E-state index in [0.29, 0.717) is 36.9 Å². The second-order valence-electron chi connectivity index (χ2n) is 5.97. The zero-order valence-electron chi connectivity index (χ0n) is 13.6. The molecule has 2 rings (SSSR count). The topological polar surface area (TPSA) is 89.3 Å². The van der Waals surface area contributed by atoms with E-state index in [1.54, 1.807) is 13.8 Å². The number of hydrogen-bond acceptors (Lipinski definition) is 5. The molecule has 2 N–H and O–H groups in total. The van der Waals surface area contributed by atoms with Crippen molar-refractivity contribution < 1.29 is 14.1 Å². The Morgan fingerprint density at radius 2 is 2.23 bits per heavy atom. The number of nitrogens with one attached hydrogen (secondary N) is 2. The number of ether oxygens (including phenoxy) is 1. The summed E-state index contributed by atoms with van der Waals surface area (Å²) in [5, 5.41) is 9.24. The molecule has 7 nitrogen and oxygen atoms in total. The van der Waals surface area contributed by atoms with Gasteiger partial charge < -0.3 is 19.9 Å². The standard InChI is InChI=1S/C15H26N4O3/c1-10-6-4-5-7-13(10)21-9-8-16-15(20)17-11(2)14-18-12(3)19-22-14/h10-11,13H,4-9H2,1-3H3,(H2,16,17,20)/t10-,11+,13-/m1/s1. The van der Waals surface area contributed by atoms with E-state index in [2.05, 4.69) is 27.7 Å². The Morgan fingerprint density at radius 3 is 2.91 bits per heavy atom. The molecule has 124 valence electrons. The number of carbonyl (C=O) groups is 1. The molecule has 22 heavy (non-hydrogen) atoms. The third-order valence-electron chi connectivity index (χ3n) is 4.01. The first-order valence-electron chi connectivity index (χ1n) is 8.02. The number of hydrogen-bond donors (Lipinski definition) is 2. The molecule has 1 aromatic heterocycles. The highest BCUT2D eigenvalue weighted by molar-refractivity contribution is 5.74. The molecule has 1 aliphatic carbocycles. The maximum absolute atomic E-state index is 11.8. The first-order valence-corrected chi connectivity index (χ1v) is 8.02. The molecule has 1 heterocycles. The minimum absolute atomic E-state index is 0.261. The molecule has 1 aromatic rings. The van der Waals surface area contributed by atoms with E-state index in [-0.39, 0.29) is 12.1 Å². The quantitative estimate of drug-likeness (QED) is 0.787. The van der Waals surface area contributed by atoms with Crippen molar-refractivity contribution >= 4 is 6.03 Å². The third-order valence-corrected chi connectivity index (χ3v) is 4.01. The van der Waals surface area contributed by atoms with Gasteiger partial charge in [0.1, 0.15) is 6.04 Å². The molecule has 1 aliphatic rings.